The lowest BCUT2D eigenvalue weighted by Gasteiger charge is -2.25. The molecule has 0 spiro atoms. The number of carboxylic acid groups (broad SMARTS) is 1. The summed E-state index contributed by atoms with van der Waals surface area (Å²) >= 11 is 1.51. The van der Waals surface area contributed by atoms with E-state index in [0.717, 1.165) is 6.42 Å². The first-order valence-electron chi connectivity index (χ1n) is 5.86. The fourth-order valence-electron chi connectivity index (χ4n) is 1.71. The molecular formula is C11H20N2O3S. The van der Waals surface area contributed by atoms with Crippen molar-refractivity contribution in [2.45, 2.75) is 44.6 Å². The molecule has 0 aliphatic carbocycles. The van der Waals surface area contributed by atoms with E-state index in [1.165, 1.54) is 16.7 Å². The topological polar surface area (TPSA) is 69.6 Å². The van der Waals surface area contributed by atoms with Gasteiger partial charge in [-0.15, -0.1) is 11.8 Å². The van der Waals surface area contributed by atoms with E-state index in [-0.39, 0.29) is 23.9 Å². The molecule has 0 saturated carbocycles. The lowest BCUT2D eigenvalue weighted by Crippen LogP contribution is -2.49. The minimum Gasteiger partial charge on any atom is -0.480 e. The highest BCUT2D eigenvalue weighted by molar-refractivity contribution is 8.00. The van der Waals surface area contributed by atoms with Crippen LogP contribution in [-0.2, 0) is 9.59 Å². The number of carbonyl (C=O) groups is 2. The summed E-state index contributed by atoms with van der Waals surface area (Å²) in [5.74, 6) is -0.570. The molecule has 6 heteroatoms. The van der Waals surface area contributed by atoms with Crippen molar-refractivity contribution in [3.05, 3.63) is 0 Å². The van der Waals surface area contributed by atoms with Crippen molar-refractivity contribution in [1.82, 2.24) is 10.2 Å². The summed E-state index contributed by atoms with van der Waals surface area (Å²) in [6, 6.07) is -0.408. The van der Waals surface area contributed by atoms with Crippen LogP contribution in [0.15, 0.2) is 0 Å². The lowest BCUT2D eigenvalue weighted by atomic mass is 10.2. The van der Waals surface area contributed by atoms with Gasteiger partial charge in [-0.3, -0.25) is 4.79 Å². The van der Waals surface area contributed by atoms with Crippen LogP contribution in [0, 0.1) is 0 Å². The molecule has 17 heavy (non-hydrogen) atoms. The van der Waals surface area contributed by atoms with E-state index in [0.29, 0.717) is 5.75 Å². The summed E-state index contributed by atoms with van der Waals surface area (Å²) in [5.41, 5.74) is 0. The maximum absolute atomic E-state index is 12.0. The van der Waals surface area contributed by atoms with E-state index in [1.54, 1.807) is 0 Å². The second kappa shape index (κ2) is 6.26. The first-order valence-corrected chi connectivity index (χ1v) is 6.91. The van der Waals surface area contributed by atoms with Crippen LogP contribution in [0.4, 0.5) is 0 Å². The summed E-state index contributed by atoms with van der Waals surface area (Å²) in [4.78, 5) is 24.5. The Morgan fingerprint density at radius 1 is 1.59 bits per heavy atom. The summed E-state index contributed by atoms with van der Waals surface area (Å²) in [6.45, 7) is 6.12. The van der Waals surface area contributed by atoms with Crippen LogP contribution < -0.4 is 5.32 Å². The molecule has 1 heterocycles. The second-order valence-corrected chi connectivity index (χ2v) is 5.63. The predicted octanol–water partition coefficient (Wildman–Crippen LogP) is 0.749. The fourth-order valence-corrected chi connectivity index (χ4v) is 2.90. The molecule has 1 saturated heterocycles. The minimum absolute atomic E-state index is 0.0534. The van der Waals surface area contributed by atoms with Gasteiger partial charge in [0, 0.05) is 11.8 Å². The molecule has 3 unspecified atom stereocenters. The van der Waals surface area contributed by atoms with Crippen LogP contribution in [0.3, 0.4) is 0 Å². The smallest absolute Gasteiger partial charge is 0.327 e. The molecule has 1 aliphatic heterocycles. The van der Waals surface area contributed by atoms with Gasteiger partial charge >= 0.3 is 5.97 Å². The fraction of sp³-hybridized carbons (Fsp3) is 0.818. The SMILES string of the molecule is CCC(C)NCC(=O)N1C(C)SCC1C(=O)O. The molecule has 2 N–H and O–H groups in total. The van der Waals surface area contributed by atoms with Crippen molar-refractivity contribution < 1.29 is 14.7 Å². The van der Waals surface area contributed by atoms with Crippen molar-refractivity contribution in [2.75, 3.05) is 12.3 Å². The zero-order valence-electron chi connectivity index (χ0n) is 10.5. The van der Waals surface area contributed by atoms with Gasteiger partial charge < -0.3 is 15.3 Å². The van der Waals surface area contributed by atoms with Crippen molar-refractivity contribution >= 4 is 23.6 Å². The highest BCUT2D eigenvalue weighted by Crippen LogP contribution is 2.28. The Hall–Kier alpha value is -0.750. The third kappa shape index (κ3) is 3.61. The van der Waals surface area contributed by atoms with E-state index in [2.05, 4.69) is 5.32 Å². The van der Waals surface area contributed by atoms with E-state index in [4.69, 9.17) is 5.11 Å². The van der Waals surface area contributed by atoms with E-state index in [1.807, 2.05) is 20.8 Å². The normalized spacial score (nSPS) is 25.9. The molecule has 0 aromatic rings. The Labute approximate surface area is 106 Å². The molecule has 0 radical (unpaired) electrons. The number of carboxylic acids is 1. The van der Waals surface area contributed by atoms with E-state index in [9.17, 15) is 9.59 Å². The molecule has 1 fully saturated rings. The Morgan fingerprint density at radius 3 is 2.76 bits per heavy atom. The monoisotopic (exact) mass is 260 g/mol. The number of hydrogen-bond acceptors (Lipinski definition) is 4. The Kier molecular flexibility index (Phi) is 5.27. The zero-order valence-corrected chi connectivity index (χ0v) is 11.3. The highest BCUT2D eigenvalue weighted by Gasteiger charge is 2.39. The average molecular weight is 260 g/mol. The number of rotatable bonds is 5. The van der Waals surface area contributed by atoms with Crippen LogP contribution in [0.5, 0.6) is 0 Å². The second-order valence-electron chi connectivity index (χ2n) is 4.28. The Balaban J connectivity index is 2.56. The molecule has 0 aromatic carbocycles. The maximum atomic E-state index is 12.0. The van der Waals surface area contributed by atoms with Crippen LogP contribution in [0.1, 0.15) is 27.2 Å². The highest BCUT2D eigenvalue weighted by atomic mass is 32.2. The number of nitrogens with zero attached hydrogens (tertiary/aromatic N) is 1. The van der Waals surface area contributed by atoms with Gasteiger partial charge in [-0.1, -0.05) is 6.92 Å². The van der Waals surface area contributed by atoms with Crippen LogP contribution >= 0.6 is 11.8 Å². The van der Waals surface area contributed by atoms with Crippen molar-refractivity contribution in [2.24, 2.45) is 0 Å². The molecule has 0 bridgehead atoms. The number of nitrogens with one attached hydrogen (secondary N) is 1. The van der Waals surface area contributed by atoms with Gasteiger partial charge in [-0.05, 0) is 20.3 Å². The maximum Gasteiger partial charge on any atom is 0.327 e. The van der Waals surface area contributed by atoms with Gasteiger partial charge in [0.25, 0.3) is 0 Å². The third-order valence-electron chi connectivity index (χ3n) is 3.01. The zero-order chi connectivity index (χ0) is 13.0. The van der Waals surface area contributed by atoms with Crippen LogP contribution in [0.2, 0.25) is 0 Å². The van der Waals surface area contributed by atoms with Crippen molar-refractivity contribution in [3.8, 4) is 0 Å². The van der Waals surface area contributed by atoms with Gasteiger partial charge in [0.05, 0.1) is 11.9 Å². The van der Waals surface area contributed by atoms with Gasteiger partial charge in [-0.25, -0.2) is 4.79 Å². The first-order chi connectivity index (χ1) is 7.97. The van der Waals surface area contributed by atoms with Gasteiger partial charge in [0.1, 0.15) is 6.04 Å². The number of aliphatic carboxylic acids is 1. The molecule has 1 rings (SSSR count). The summed E-state index contributed by atoms with van der Waals surface area (Å²) in [7, 11) is 0. The Morgan fingerprint density at radius 2 is 2.24 bits per heavy atom. The predicted molar refractivity (Wildman–Crippen MR) is 67.9 cm³/mol. The van der Waals surface area contributed by atoms with E-state index < -0.39 is 12.0 Å². The molecule has 1 amide bonds. The van der Waals surface area contributed by atoms with Crippen LogP contribution in [-0.4, -0.2) is 51.6 Å². The standard InChI is InChI=1S/C11H20N2O3S/c1-4-7(2)12-5-10(14)13-8(3)17-6-9(13)11(15)16/h7-9,12H,4-6H2,1-3H3,(H,15,16). The summed E-state index contributed by atoms with van der Waals surface area (Å²) < 4.78 is 0. The minimum atomic E-state index is -0.918. The van der Waals surface area contributed by atoms with Crippen LogP contribution in [0.25, 0.3) is 0 Å². The molecule has 98 valence electrons. The van der Waals surface area contributed by atoms with Gasteiger partial charge in [0.15, 0.2) is 0 Å². The number of hydrogen-bond donors (Lipinski definition) is 2. The van der Waals surface area contributed by atoms with E-state index >= 15 is 0 Å². The average Bonchev–Trinajstić information content (AvgIpc) is 2.67. The number of amides is 1. The number of carbonyl (C=O) groups excluding carboxylic acids is 1. The first kappa shape index (κ1) is 14.3. The molecular weight excluding hydrogens is 240 g/mol. The molecule has 5 nitrogen and oxygen atoms in total. The summed E-state index contributed by atoms with van der Waals surface area (Å²) in [6.07, 6.45) is 0.944. The van der Waals surface area contributed by atoms with Crippen molar-refractivity contribution in [3.63, 3.8) is 0 Å². The Bertz CT molecular complexity index is 298. The third-order valence-corrected chi connectivity index (χ3v) is 4.23. The quantitative estimate of drug-likeness (QED) is 0.763. The van der Waals surface area contributed by atoms with Crippen molar-refractivity contribution in [1.29, 1.82) is 0 Å². The number of thioether (sulfide) groups is 1. The van der Waals surface area contributed by atoms with Gasteiger partial charge in [0.2, 0.25) is 5.91 Å². The molecule has 1 aliphatic rings. The summed E-state index contributed by atoms with van der Waals surface area (Å²) in [5, 5.41) is 12.1. The molecule has 0 aromatic heterocycles. The van der Waals surface area contributed by atoms with Gasteiger partial charge in [-0.2, -0.15) is 0 Å². The lowest BCUT2D eigenvalue weighted by molar-refractivity contribution is -0.148. The largest absolute Gasteiger partial charge is 0.480 e. The molecule has 3 atom stereocenters.